The van der Waals surface area contributed by atoms with Gasteiger partial charge in [0.25, 0.3) is 0 Å². The summed E-state index contributed by atoms with van der Waals surface area (Å²) in [5, 5.41) is 11.9. The van der Waals surface area contributed by atoms with Gasteiger partial charge in [-0.1, -0.05) is 17.7 Å². The van der Waals surface area contributed by atoms with E-state index in [0.29, 0.717) is 23.1 Å². The molecular weight excluding hydrogens is 340 g/mol. The minimum atomic E-state index is -0.169. The lowest BCUT2D eigenvalue weighted by atomic mass is 10.2. The van der Waals surface area contributed by atoms with E-state index in [9.17, 15) is 0 Å². The predicted molar refractivity (Wildman–Crippen MR) is 96.9 cm³/mol. The summed E-state index contributed by atoms with van der Waals surface area (Å²) >= 11 is 5.94. The molecule has 0 amide bonds. The topological polar surface area (TPSA) is 110 Å². The normalized spacial score (nSPS) is 10.3. The van der Waals surface area contributed by atoms with Crippen LogP contribution in [0.3, 0.4) is 0 Å². The van der Waals surface area contributed by atoms with Gasteiger partial charge in [0, 0.05) is 24.0 Å². The Morgan fingerprint density at radius 1 is 1.20 bits per heavy atom. The molecule has 25 heavy (non-hydrogen) atoms. The molecule has 0 unspecified atom stereocenters. The number of benzene rings is 1. The average molecular weight is 355 g/mol. The van der Waals surface area contributed by atoms with Crippen LogP contribution in [0.5, 0.6) is 5.75 Å². The van der Waals surface area contributed by atoms with Crippen molar-refractivity contribution in [3.05, 3.63) is 71.3 Å². The van der Waals surface area contributed by atoms with Gasteiger partial charge in [0.1, 0.15) is 29.3 Å². The van der Waals surface area contributed by atoms with Crippen LogP contribution in [0.15, 0.2) is 55.1 Å². The summed E-state index contributed by atoms with van der Waals surface area (Å²) in [6.07, 6.45) is 4.74. The molecule has 0 spiro atoms. The van der Waals surface area contributed by atoms with E-state index in [1.807, 2.05) is 12.1 Å². The highest BCUT2D eigenvalue weighted by Crippen LogP contribution is 2.23. The van der Waals surface area contributed by atoms with Crippen molar-refractivity contribution in [2.45, 2.75) is 6.54 Å². The van der Waals surface area contributed by atoms with Gasteiger partial charge in [-0.05, 0) is 35.9 Å². The summed E-state index contributed by atoms with van der Waals surface area (Å²) in [6, 6.07) is 10.5. The van der Waals surface area contributed by atoms with Crippen LogP contribution in [-0.4, -0.2) is 20.8 Å². The van der Waals surface area contributed by atoms with Gasteiger partial charge in [-0.3, -0.25) is 10.4 Å². The van der Waals surface area contributed by atoms with Crippen molar-refractivity contribution in [3.63, 3.8) is 0 Å². The molecule has 0 fully saturated rings. The number of halogens is 1. The van der Waals surface area contributed by atoms with Crippen molar-refractivity contribution < 1.29 is 4.74 Å². The van der Waals surface area contributed by atoms with Crippen LogP contribution in [0.1, 0.15) is 11.1 Å². The number of ether oxygens (including phenoxy) is 1. The first-order valence-electron chi connectivity index (χ1n) is 7.39. The monoisotopic (exact) mass is 354 g/mol. The largest absolute Gasteiger partial charge is 0.439 e. The number of nitrogens with one attached hydrogen (secondary N) is 2. The first kappa shape index (κ1) is 16.7. The number of nitrogen functional groups attached to an aromatic ring is 1. The zero-order valence-electron chi connectivity index (χ0n) is 13.1. The van der Waals surface area contributed by atoms with Gasteiger partial charge < -0.3 is 15.8 Å². The molecule has 0 atom stereocenters. The van der Waals surface area contributed by atoms with E-state index in [0.717, 1.165) is 5.56 Å². The average Bonchev–Trinajstić information content (AvgIpc) is 2.61. The lowest BCUT2D eigenvalue weighted by Crippen LogP contribution is -2.17. The molecule has 4 N–H and O–H groups in total. The third kappa shape index (κ3) is 4.21. The van der Waals surface area contributed by atoms with Crippen LogP contribution >= 0.6 is 11.6 Å². The zero-order chi connectivity index (χ0) is 17.6. The predicted octanol–water partition coefficient (Wildman–Crippen LogP) is 3.12. The standard InChI is InChI=1S/C17H15ClN6O/c18-12-2-1-3-13(8-12)25-16(20)14-15(19)23-10-24-17(14)22-9-11-4-6-21-7-5-11/h1-8,10,20H,9H2,(H3,19,22,23,24). The number of pyridine rings is 1. The highest BCUT2D eigenvalue weighted by molar-refractivity contribution is 6.30. The van der Waals surface area contributed by atoms with Gasteiger partial charge in [0.15, 0.2) is 0 Å². The molecule has 0 aliphatic rings. The van der Waals surface area contributed by atoms with Gasteiger partial charge >= 0.3 is 0 Å². The van der Waals surface area contributed by atoms with E-state index in [-0.39, 0.29) is 17.3 Å². The second-order valence-corrected chi connectivity index (χ2v) is 5.52. The number of hydrogen-bond donors (Lipinski definition) is 3. The maximum absolute atomic E-state index is 8.23. The van der Waals surface area contributed by atoms with Crippen LogP contribution in [0.2, 0.25) is 5.02 Å². The van der Waals surface area contributed by atoms with Gasteiger partial charge in [-0.25, -0.2) is 9.97 Å². The molecular formula is C17H15ClN6O. The number of nitrogens with zero attached hydrogens (tertiary/aromatic N) is 3. The first-order chi connectivity index (χ1) is 12.1. The molecule has 3 aromatic rings. The molecule has 0 saturated heterocycles. The van der Waals surface area contributed by atoms with Crippen LogP contribution in [0.4, 0.5) is 11.6 Å². The summed E-state index contributed by atoms with van der Waals surface area (Å²) in [4.78, 5) is 12.1. The Labute approximate surface area is 149 Å². The van der Waals surface area contributed by atoms with Gasteiger partial charge in [0.2, 0.25) is 5.90 Å². The van der Waals surface area contributed by atoms with E-state index in [1.54, 1.807) is 36.7 Å². The minimum Gasteiger partial charge on any atom is -0.439 e. The molecule has 1 aromatic carbocycles. The maximum Gasteiger partial charge on any atom is 0.226 e. The Kier molecular flexibility index (Phi) is 5.06. The van der Waals surface area contributed by atoms with E-state index in [4.69, 9.17) is 27.5 Å². The van der Waals surface area contributed by atoms with E-state index in [2.05, 4.69) is 20.3 Å². The fraction of sp³-hybridized carbons (Fsp3) is 0.0588. The Hall–Kier alpha value is -3.19. The highest BCUT2D eigenvalue weighted by atomic mass is 35.5. The zero-order valence-corrected chi connectivity index (χ0v) is 13.9. The lowest BCUT2D eigenvalue weighted by Gasteiger charge is -2.14. The summed E-state index contributed by atoms with van der Waals surface area (Å²) in [7, 11) is 0. The minimum absolute atomic E-state index is 0.152. The SMILES string of the molecule is N=C(Oc1cccc(Cl)c1)c1c(N)ncnc1NCc1ccncc1. The van der Waals surface area contributed by atoms with E-state index < -0.39 is 0 Å². The second kappa shape index (κ2) is 7.59. The summed E-state index contributed by atoms with van der Waals surface area (Å²) < 4.78 is 5.54. The number of nitrogens with two attached hydrogens (primary N) is 1. The van der Waals surface area contributed by atoms with Crippen molar-refractivity contribution in [3.8, 4) is 5.75 Å². The Balaban J connectivity index is 1.81. The number of aromatic nitrogens is 3. The van der Waals surface area contributed by atoms with Crippen molar-refractivity contribution in [1.82, 2.24) is 15.0 Å². The van der Waals surface area contributed by atoms with Crippen molar-refractivity contribution in [1.29, 1.82) is 5.41 Å². The molecule has 0 saturated carbocycles. The Bertz CT molecular complexity index is 887. The molecule has 2 aromatic heterocycles. The smallest absolute Gasteiger partial charge is 0.226 e. The molecule has 2 heterocycles. The fourth-order valence-electron chi connectivity index (χ4n) is 2.14. The second-order valence-electron chi connectivity index (χ2n) is 5.08. The molecule has 0 aliphatic heterocycles. The van der Waals surface area contributed by atoms with Crippen molar-refractivity contribution in [2.24, 2.45) is 0 Å². The maximum atomic E-state index is 8.23. The van der Waals surface area contributed by atoms with Crippen LogP contribution in [-0.2, 0) is 6.54 Å². The van der Waals surface area contributed by atoms with Crippen molar-refractivity contribution in [2.75, 3.05) is 11.1 Å². The summed E-state index contributed by atoms with van der Waals surface area (Å²) in [5.41, 5.74) is 7.23. The Morgan fingerprint density at radius 2 is 2.00 bits per heavy atom. The molecule has 0 bridgehead atoms. The molecule has 7 nitrogen and oxygen atoms in total. The molecule has 0 radical (unpaired) electrons. The number of rotatable bonds is 5. The molecule has 3 rings (SSSR count). The van der Waals surface area contributed by atoms with E-state index in [1.165, 1.54) is 6.33 Å². The highest BCUT2D eigenvalue weighted by Gasteiger charge is 2.16. The third-order valence-corrected chi connectivity index (χ3v) is 3.56. The first-order valence-corrected chi connectivity index (χ1v) is 7.77. The van der Waals surface area contributed by atoms with Gasteiger partial charge in [-0.2, -0.15) is 0 Å². The summed E-state index contributed by atoms with van der Waals surface area (Å²) in [5.74, 6) is 0.828. The molecule has 0 aliphatic carbocycles. The third-order valence-electron chi connectivity index (χ3n) is 3.33. The van der Waals surface area contributed by atoms with Gasteiger partial charge in [-0.15, -0.1) is 0 Å². The van der Waals surface area contributed by atoms with Crippen molar-refractivity contribution >= 4 is 29.1 Å². The summed E-state index contributed by atoms with van der Waals surface area (Å²) in [6.45, 7) is 0.496. The Morgan fingerprint density at radius 3 is 2.76 bits per heavy atom. The van der Waals surface area contributed by atoms with Crippen LogP contribution < -0.4 is 15.8 Å². The quantitative estimate of drug-likeness (QED) is 0.479. The number of hydrogen-bond acceptors (Lipinski definition) is 7. The lowest BCUT2D eigenvalue weighted by molar-refractivity contribution is 0.547. The molecule has 126 valence electrons. The molecule has 8 heteroatoms. The van der Waals surface area contributed by atoms with Crippen LogP contribution in [0.25, 0.3) is 0 Å². The van der Waals surface area contributed by atoms with Gasteiger partial charge in [0.05, 0.1) is 0 Å². The number of anilines is 2. The van der Waals surface area contributed by atoms with Crippen LogP contribution in [0, 0.1) is 5.41 Å². The fourth-order valence-corrected chi connectivity index (χ4v) is 2.32. The van der Waals surface area contributed by atoms with E-state index >= 15 is 0 Å².